The average molecular weight is 343 g/mol. The first-order valence-corrected chi connectivity index (χ1v) is 8.78. The Hall–Kier alpha value is -2.05. The van der Waals surface area contributed by atoms with Gasteiger partial charge in [-0.2, -0.15) is 0 Å². The molecule has 0 unspecified atom stereocenters. The van der Waals surface area contributed by atoms with Crippen molar-refractivity contribution in [1.82, 2.24) is 14.9 Å². The Morgan fingerprint density at radius 1 is 1.28 bits per heavy atom. The predicted octanol–water partition coefficient (Wildman–Crippen LogP) is 1.94. The molecule has 2 heterocycles. The summed E-state index contributed by atoms with van der Waals surface area (Å²) in [5, 5.41) is 14.6. The summed E-state index contributed by atoms with van der Waals surface area (Å²) in [6.07, 6.45) is 5.12. The van der Waals surface area contributed by atoms with Crippen molar-refractivity contribution in [2.75, 3.05) is 13.1 Å². The summed E-state index contributed by atoms with van der Waals surface area (Å²) in [5.74, 6) is -0.405. The summed E-state index contributed by atoms with van der Waals surface area (Å²) in [6.45, 7) is 1.77. The highest BCUT2D eigenvalue weighted by Crippen LogP contribution is 2.52. The first kappa shape index (κ1) is 16.4. The van der Waals surface area contributed by atoms with E-state index in [4.69, 9.17) is 0 Å². The van der Waals surface area contributed by atoms with Gasteiger partial charge >= 0.3 is 0 Å². The van der Waals surface area contributed by atoms with Crippen LogP contribution >= 0.6 is 0 Å². The van der Waals surface area contributed by atoms with Crippen LogP contribution in [0, 0.1) is 11.2 Å². The summed E-state index contributed by atoms with van der Waals surface area (Å²) in [5.41, 5.74) is -0.691. The lowest BCUT2D eigenvalue weighted by Gasteiger charge is -2.56. The van der Waals surface area contributed by atoms with E-state index in [9.17, 15) is 14.3 Å². The molecular formula is C19H22FN3O2. The van der Waals surface area contributed by atoms with E-state index in [0.29, 0.717) is 17.7 Å². The topological polar surface area (TPSA) is 67.2 Å². The fraction of sp³-hybridized carbons (Fsp3) is 0.474. The minimum atomic E-state index is -0.901. The second kappa shape index (κ2) is 6.04. The van der Waals surface area contributed by atoms with Crippen LogP contribution in [0.4, 0.5) is 4.39 Å². The maximum absolute atomic E-state index is 13.9. The van der Waals surface area contributed by atoms with Crippen LogP contribution in [0.25, 0.3) is 11.3 Å². The summed E-state index contributed by atoms with van der Waals surface area (Å²) >= 11 is 0. The molecule has 0 radical (unpaired) electrons. The molecule has 6 heteroatoms. The largest absolute Gasteiger partial charge is 0.387 e. The van der Waals surface area contributed by atoms with E-state index in [1.165, 1.54) is 23.0 Å². The van der Waals surface area contributed by atoms with Gasteiger partial charge in [-0.05, 0) is 37.9 Å². The molecule has 2 fully saturated rings. The van der Waals surface area contributed by atoms with Gasteiger partial charge in [-0.15, -0.1) is 0 Å². The molecule has 1 aliphatic carbocycles. The number of aliphatic hydroxyl groups is 1. The predicted molar refractivity (Wildman–Crippen MR) is 92.6 cm³/mol. The molecule has 5 nitrogen and oxygen atoms in total. The molecule has 1 aromatic carbocycles. The zero-order valence-corrected chi connectivity index (χ0v) is 14.0. The quantitative estimate of drug-likeness (QED) is 0.894. The summed E-state index contributed by atoms with van der Waals surface area (Å²) in [6, 6.07) is 7.61. The smallest absolute Gasteiger partial charge is 0.253 e. The van der Waals surface area contributed by atoms with Crippen LogP contribution in [0.5, 0.6) is 0 Å². The molecule has 132 valence electrons. The van der Waals surface area contributed by atoms with Crippen LogP contribution in [0.15, 0.2) is 41.5 Å². The highest BCUT2D eigenvalue weighted by Gasteiger charge is 2.55. The average Bonchev–Trinajstić information content (AvgIpc) is 2.56. The number of piperidine rings is 1. The Morgan fingerprint density at radius 3 is 2.76 bits per heavy atom. The molecule has 4 rings (SSSR count). The molecule has 1 saturated carbocycles. The highest BCUT2D eigenvalue weighted by molar-refractivity contribution is 5.58. The Morgan fingerprint density at radius 2 is 2.08 bits per heavy atom. The molecule has 1 aliphatic heterocycles. The monoisotopic (exact) mass is 343 g/mol. The van der Waals surface area contributed by atoms with E-state index in [1.54, 1.807) is 18.2 Å². The normalized spacial score (nSPS) is 24.9. The van der Waals surface area contributed by atoms with Crippen LogP contribution in [0.3, 0.4) is 0 Å². The lowest BCUT2D eigenvalue weighted by Crippen LogP contribution is -2.64. The molecule has 2 N–H and O–H groups in total. The molecule has 0 bridgehead atoms. The fourth-order valence-corrected chi connectivity index (χ4v) is 4.19. The summed E-state index contributed by atoms with van der Waals surface area (Å²) < 4.78 is 15.4. The zero-order chi connectivity index (χ0) is 17.5. The van der Waals surface area contributed by atoms with Gasteiger partial charge in [0, 0.05) is 23.6 Å². The van der Waals surface area contributed by atoms with Crippen molar-refractivity contribution in [3.8, 4) is 11.3 Å². The van der Waals surface area contributed by atoms with Crippen LogP contribution in [-0.2, 0) is 6.54 Å². The molecule has 2 aromatic rings. The minimum Gasteiger partial charge on any atom is -0.387 e. The van der Waals surface area contributed by atoms with Crippen LogP contribution in [0.2, 0.25) is 0 Å². The highest BCUT2D eigenvalue weighted by atomic mass is 19.1. The number of hydrogen-bond donors (Lipinski definition) is 2. The Balaban J connectivity index is 1.64. The van der Waals surface area contributed by atoms with Crippen LogP contribution in [0.1, 0.15) is 25.7 Å². The van der Waals surface area contributed by atoms with E-state index in [-0.39, 0.29) is 17.5 Å². The van der Waals surface area contributed by atoms with Crippen LogP contribution in [-0.4, -0.2) is 33.3 Å². The second-order valence-electron chi connectivity index (χ2n) is 7.31. The minimum absolute atomic E-state index is 0.144. The maximum atomic E-state index is 13.9. The summed E-state index contributed by atoms with van der Waals surface area (Å²) in [4.78, 5) is 16.8. The molecule has 1 atom stereocenters. The lowest BCUT2D eigenvalue weighted by molar-refractivity contribution is -0.155. The zero-order valence-electron chi connectivity index (χ0n) is 14.0. The van der Waals surface area contributed by atoms with Gasteiger partial charge in [0.05, 0.1) is 24.2 Å². The Kier molecular flexibility index (Phi) is 3.96. The third-order valence-corrected chi connectivity index (χ3v) is 5.94. The van der Waals surface area contributed by atoms with Gasteiger partial charge in [0.2, 0.25) is 0 Å². The van der Waals surface area contributed by atoms with E-state index in [2.05, 4.69) is 10.3 Å². The van der Waals surface area contributed by atoms with Crippen molar-refractivity contribution in [2.24, 2.45) is 5.41 Å². The van der Waals surface area contributed by atoms with Gasteiger partial charge in [0.25, 0.3) is 5.56 Å². The number of aromatic nitrogens is 2. The van der Waals surface area contributed by atoms with Crippen molar-refractivity contribution in [2.45, 2.75) is 37.8 Å². The number of rotatable bonds is 3. The van der Waals surface area contributed by atoms with Gasteiger partial charge in [0.1, 0.15) is 5.82 Å². The van der Waals surface area contributed by atoms with Crippen molar-refractivity contribution in [3.05, 3.63) is 52.8 Å². The van der Waals surface area contributed by atoms with Gasteiger partial charge in [0.15, 0.2) is 0 Å². The molecule has 1 spiro atoms. The fourth-order valence-electron chi connectivity index (χ4n) is 4.19. The standard InChI is InChI=1S/C19H22FN3O2/c20-15-5-2-1-4-14(15)16-10-17(24)23(13-22-16)12-19(25)8-9-21-11-18(19)6-3-7-18/h1-2,4-5,10,13,21,25H,3,6-9,11-12H2/t19-/m1/s1. The number of halogens is 1. The van der Waals surface area contributed by atoms with Crippen molar-refractivity contribution >= 4 is 0 Å². The number of benzene rings is 1. The molecule has 1 aromatic heterocycles. The second-order valence-corrected chi connectivity index (χ2v) is 7.31. The molecule has 0 amide bonds. The first-order valence-electron chi connectivity index (χ1n) is 8.78. The van der Waals surface area contributed by atoms with E-state index < -0.39 is 11.4 Å². The molecular weight excluding hydrogens is 321 g/mol. The first-order chi connectivity index (χ1) is 12.0. The number of nitrogens with one attached hydrogen (secondary N) is 1. The Bertz CT molecular complexity index is 847. The van der Waals surface area contributed by atoms with Crippen molar-refractivity contribution < 1.29 is 9.50 Å². The van der Waals surface area contributed by atoms with Gasteiger partial charge in [-0.3, -0.25) is 9.36 Å². The SMILES string of the molecule is O=c1cc(-c2ccccc2F)ncn1C[C@]1(O)CCNCC12CCC2. The summed E-state index contributed by atoms with van der Waals surface area (Å²) in [7, 11) is 0. The molecule has 1 saturated heterocycles. The molecule has 25 heavy (non-hydrogen) atoms. The third-order valence-electron chi connectivity index (χ3n) is 5.94. The Labute approximate surface area is 145 Å². The van der Waals surface area contributed by atoms with E-state index in [0.717, 1.165) is 32.4 Å². The maximum Gasteiger partial charge on any atom is 0.253 e. The van der Waals surface area contributed by atoms with Gasteiger partial charge < -0.3 is 10.4 Å². The number of nitrogens with zero attached hydrogens (tertiary/aromatic N) is 2. The van der Waals surface area contributed by atoms with Crippen LogP contribution < -0.4 is 10.9 Å². The lowest BCUT2D eigenvalue weighted by atomic mass is 9.56. The van der Waals surface area contributed by atoms with Gasteiger partial charge in [-0.25, -0.2) is 9.37 Å². The third kappa shape index (κ3) is 2.69. The van der Waals surface area contributed by atoms with E-state index in [1.807, 2.05) is 0 Å². The van der Waals surface area contributed by atoms with Gasteiger partial charge in [-0.1, -0.05) is 18.6 Å². The van der Waals surface area contributed by atoms with Crippen molar-refractivity contribution in [1.29, 1.82) is 0 Å². The van der Waals surface area contributed by atoms with E-state index >= 15 is 0 Å². The van der Waals surface area contributed by atoms with Crippen molar-refractivity contribution in [3.63, 3.8) is 0 Å². The molecule has 2 aliphatic rings. The number of hydrogen-bond acceptors (Lipinski definition) is 4.